The van der Waals surface area contributed by atoms with Crippen LogP contribution in [0.25, 0.3) is 0 Å². The van der Waals surface area contributed by atoms with E-state index >= 15 is 0 Å². The first-order valence-corrected chi connectivity index (χ1v) is 12.2. The number of benzene rings is 2. The van der Waals surface area contributed by atoms with E-state index < -0.39 is 10.1 Å². The van der Waals surface area contributed by atoms with Crippen molar-refractivity contribution in [3.63, 3.8) is 0 Å². The second kappa shape index (κ2) is 9.67. The van der Waals surface area contributed by atoms with Crippen LogP contribution in [0.1, 0.15) is 36.9 Å². The van der Waals surface area contributed by atoms with E-state index in [4.69, 9.17) is 4.18 Å². The highest BCUT2D eigenvalue weighted by Gasteiger charge is 2.28. The van der Waals surface area contributed by atoms with E-state index in [1.165, 1.54) is 0 Å². The fraction of sp³-hybridized carbons (Fsp3) is 0.333. The monoisotopic (exact) mass is 452 g/mol. The second-order valence-corrected chi connectivity index (χ2v) is 9.67. The summed E-state index contributed by atoms with van der Waals surface area (Å²) in [5.41, 5.74) is 2.15. The molecule has 7 nitrogen and oxygen atoms in total. The number of aryl methyl sites for hydroxylation is 1. The summed E-state index contributed by atoms with van der Waals surface area (Å²) in [6.45, 7) is 4.86. The Balaban J connectivity index is 1.43. The lowest BCUT2D eigenvalue weighted by atomic mass is 10.1. The van der Waals surface area contributed by atoms with E-state index in [2.05, 4.69) is 39.2 Å². The Labute approximate surface area is 189 Å². The summed E-state index contributed by atoms with van der Waals surface area (Å²) in [6.07, 6.45) is 3.52. The van der Waals surface area contributed by atoms with Gasteiger partial charge in [0.1, 0.15) is 5.82 Å². The summed E-state index contributed by atoms with van der Waals surface area (Å²) < 4.78 is 30.6. The second-order valence-electron chi connectivity index (χ2n) is 8.06. The standard InChI is InChI=1S/C24H28N4O3S/c1-18-10-12-22(13-11-18)32(29,30)31-17-21-9-6-16-28(21)23-14-15-25-24(27-23)26-19(2)20-7-4-3-5-8-20/h3-5,7-8,10-15,19,21H,6,9,16-17H2,1-2H3,(H,25,26,27)/t19-,21+/m1/s1. The first-order chi connectivity index (χ1) is 15.4. The van der Waals surface area contributed by atoms with Crippen LogP contribution in [0, 0.1) is 6.92 Å². The minimum atomic E-state index is -3.80. The zero-order valence-electron chi connectivity index (χ0n) is 18.3. The molecule has 2 aromatic carbocycles. The molecule has 1 aliphatic rings. The third-order valence-electron chi connectivity index (χ3n) is 5.68. The third-order valence-corrected chi connectivity index (χ3v) is 6.98. The predicted molar refractivity (Wildman–Crippen MR) is 125 cm³/mol. The number of nitrogens with zero attached hydrogens (tertiary/aromatic N) is 3. The van der Waals surface area contributed by atoms with Gasteiger partial charge in [-0.3, -0.25) is 4.18 Å². The predicted octanol–water partition coefficient (Wildman–Crippen LogP) is 4.33. The average Bonchev–Trinajstić information content (AvgIpc) is 3.28. The summed E-state index contributed by atoms with van der Waals surface area (Å²) in [4.78, 5) is 11.3. The van der Waals surface area contributed by atoms with Crippen molar-refractivity contribution in [3.05, 3.63) is 78.0 Å². The topological polar surface area (TPSA) is 84.4 Å². The number of aromatic nitrogens is 2. The van der Waals surface area contributed by atoms with E-state index in [1.54, 1.807) is 30.5 Å². The molecule has 0 saturated carbocycles. The maximum absolute atomic E-state index is 12.6. The van der Waals surface area contributed by atoms with Crippen LogP contribution in [0.5, 0.6) is 0 Å². The molecule has 4 rings (SSSR count). The molecule has 1 aromatic heterocycles. The van der Waals surface area contributed by atoms with Crippen LogP contribution in [0.15, 0.2) is 71.8 Å². The normalized spacial score (nSPS) is 17.3. The lowest BCUT2D eigenvalue weighted by Crippen LogP contribution is -2.34. The molecule has 1 fully saturated rings. The van der Waals surface area contributed by atoms with Gasteiger partial charge in [0.25, 0.3) is 10.1 Å². The minimum absolute atomic E-state index is 0.0591. The first-order valence-electron chi connectivity index (χ1n) is 10.8. The highest BCUT2D eigenvalue weighted by Crippen LogP contribution is 2.26. The molecule has 0 radical (unpaired) electrons. The Kier molecular flexibility index (Phi) is 6.72. The summed E-state index contributed by atoms with van der Waals surface area (Å²) in [5.74, 6) is 1.30. The van der Waals surface area contributed by atoms with Gasteiger partial charge in [0.15, 0.2) is 0 Å². The SMILES string of the molecule is Cc1ccc(S(=O)(=O)OC[C@@H]2CCCN2c2ccnc(N[C@H](C)c3ccccc3)n2)cc1. The van der Waals surface area contributed by atoms with Gasteiger partial charge in [0.2, 0.25) is 5.95 Å². The zero-order valence-corrected chi connectivity index (χ0v) is 19.1. The Morgan fingerprint density at radius 2 is 1.88 bits per heavy atom. The van der Waals surface area contributed by atoms with Crippen LogP contribution in [-0.2, 0) is 14.3 Å². The summed E-state index contributed by atoms with van der Waals surface area (Å²) in [5, 5.41) is 3.34. The lowest BCUT2D eigenvalue weighted by Gasteiger charge is -2.26. The Hall–Kier alpha value is -2.97. The molecule has 32 heavy (non-hydrogen) atoms. The van der Waals surface area contributed by atoms with Crippen molar-refractivity contribution in [1.29, 1.82) is 0 Å². The number of anilines is 2. The van der Waals surface area contributed by atoms with Crippen molar-refractivity contribution in [1.82, 2.24) is 9.97 Å². The fourth-order valence-electron chi connectivity index (χ4n) is 3.85. The molecular weight excluding hydrogens is 424 g/mol. The zero-order chi connectivity index (χ0) is 22.6. The third kappa shape index (κ3) is 5.26. The van der Waals surface area contributed by atoms with Crippen molar-refractivity contribution in [3.8, 4) is 0 Å². The van der Waals surface area contributed by atoms with Gasteiger partial charge >= 0.3 is 0 Å². The van der Waals surface area contributed by atoms with Crippen LogP contribution in [0.4, 0.5) is 11.8 Å². The van der Waals surface area contributed by atoms with Crippen molar-refractivity contribution in [2.24, 2.45) is 0 Å². The molecule has 3 aromatic rings. The number of rotatable bonds is 8. The van der Waals surface area contributed by atoms with Gasteiger partial charge in [-0.2, -0.15) is 13.4 Å². The van der Waals surface area contributed by atoms with E-state index in [0.29, 0.717) is 5.95 Å². The highest BCUT2D eigenvalue weighted by atomic mass is 32.2. The lowest BCUT2D eigenvalue weighted by molar-refractivity contribution is 0.291. The van der Waals surface area contributed by atoms with Crippen molar-refractivity contribution >= 4 is 21.9 Å². The smallest absolute Gasteiger partial charge is 0.297 e. The molecule has 2 heterocycles. The molecule has 8 heteroatoms. The van der Waals surface area contributed by atoms with Gasteiger partial charge in [-0.1, -0.05) is 48.0 Å². The molecule has 1 saturated heterocycles. The maximum atomic E-state index is 12.6. The fourth-order valence-corrected chi connectivity index (χ4v) is 4.79. The van der Waals surface area contributed by atoms with E-state index in [0.717, 1.165) is 36.3 Å². The van der Waals surface area contributed by atoms with Crippen molar-refractivity contribution < 1.29 is 12.6 Å². The van der Waals surface area contributed by atoms with E-state index in [1.807, 2.05) is 31.2 Å². The van der Waals surface area contributed by atoms with Gasteiger partial charge in [0.05, 0.1) is 23.6 Å². The molecule has 168 valence electrons. The number of hydrogen-bond donors (Lipinski definition) is 1. The Morgan fingerprint density at radius 3 is 2.62 bits per heavy atom. The minimum Gasteiger partial charge on any atom is -0.351 e. The Morgan fingerprint density at radius 1 is 1.12 bits per heavy atom. The molecule has 1 aliphatic heterocycles. The van der Waals surface area contributed by atoms with Crippen LogP contribution in [-0.4, -0.2) is 37.6 Å². The average molecular weight is 453 g/mol. The first kappa shape index (κ1) is 22.2. The molecular formula is C24H28N4O3S. The van der Waals surface area contributed by atoms with E-state index in [9.17, 15) is 8.42 Å². The van der Waals surface area contributed by atoms with Crippen molar-refractivity contribution in [2.45, 2.75) is 43.7 Å². The summed E-state index contributed by atoms with van der Waals surface area (Å²) in [6, 6.07) is 18.7. The molecule has 0 unspecified atom stereocenters. The van der Waals surface area contributed by atoms with E-state index in [-0.39, 0.29) is 23.6 Å². The molecule has 0 spiro atoms. The summed E-state index contributed by atoms with van der Waals surface area (Å²) in [7, 11) is -3.80. The molecule has 1 N–H and O–H groups in total. The number of nitrogens with one attached hydrogen (secondary N) is 1. The summed E-state index contributed by atoms with van der Waals surface area (Å²) >= 11 is 0. The van der Waals surface area contributed by atoms with Crippen molar-refractivity contribution in [2.75, 3.05) is 23.4 Å². The van der Waals surface area contributed by atoms with Gasteiger partial charge in [0, 0.05) is 12.7 Å². The van der Waals surface area contributed by atoms with Crippen LogP contribution < -0.4 is 10.2 Å². The quantitative estimate of drug-likeness (QED) is 0.509. The Bertz CT molecular complexity index is 1140. The van der Waals surface area contributed by atoms with Gasteiger partial charge in [-0.25, -0.2) is 4.98 Å². The largest absolute Gasteiger partial charge is 0.351 e. The maximum Gasteiger partial charge on any atom is 0.297 e. The molecule has 0 bridgehead atoms. The highest BCUT2D eigenvalue weighted by molar-refractivity contribution is 7.86. The van der Waals surface area contributed by atoms with Crippen LogP contribution in [0.3, 0.4) is 0 Å². The molecule has 0 aliphatic carbocycles. The van der Waals surface area contributed by atoms with Gasteiger partial charge < -0.3 is 10.2 Å². The van der Waals surface area contributed by atoms with Gasteiger partial charge in [-0.05, 0) is 50.5 Å². The van der Waals surface area contributed by atoms with Gasteiger partial charge in [-0.15, -0.1) is 0 Å². The molecule has 2 atom stereocenters. The number of hydrogen-bond acceptors (Lipinski definition) is 7. The van der Waals surface area contributed by atoms with Crippen LogP contribution in [0.2, 0.25) is 0 Å². The molecule has 0 amide bonds. The van der Waals surface area contributed by atoms with Crippen LogP contribution >= 0.6 is 0 Å².